The molecule has 1 fully saturated rings. The number of hydrogen-bond donors (Lipinski definition) is 0. The Kier molecular flexibility index (Phi) is 4.99. The fourth-order valence-corrected chi connectivity index (χ4v) is 2.35. The quantitative estimate of drug-likeness (QED) is 0.799. The number of nitrogens with zero attached hydrogens (tertiary/aromatic N) is 1. The molecule has 1 aromatic carbocycles. The van der Waals surface area contributed by atoms with Gasteiger partial charge in [-0.05, 0) is 18.9 Å². The van der Waals surface area contributed by atoms with E-state index in [2.05, 4.69) is 11.8 Å². The summed E-state index contributed by atoms with van der Waals surface area (Å²) in [6.45, 7) is 3.78. The van der Waals surface area contributed by atoms with Gasteiger partial charge in [-0.2, -0.15) is 0 Å². The third kappa shape index (κ3) is 3.63. The highest BCUT2D eigenvalue weighted by Gasteiger charge is 2.39. The molecule has 0 spiro atoms. The van der Waals surface area contributed by atoms with Gasteiger partial charge in [0.2, 0.25) is 5.91 Å². The standard InChI is InChI=1S/C17H19NO3/c1-3-4-8-13(2)16(19)18-15(12-21-17(18)20)11-14-9-6-5-7-10-14/h5-7,9-10,13,15H,8,11-12H2,1-2H3/t13-,15+/m1/s1. The van der Waals surface area contributed by atoms with Gasteiger partial charge in [0, 0.05) is 12.3 Å². The molecule has 0 unspecified atom stereocenters. The summed E-state index contributed by atoms with van der Waals surface area (Å²) in [5, 5.41) is 0. The first-order chi connectivity index (χ1) is 10.1. The number of imide groups is 1. The molecule has 4 nitrogen and oxygen atoms in total. The number of benzene rings is 1. The number of rotatable bonds is 4. The third-order valence-corrected chi connectivity index (χ3v) is 3.52. The molecule has 1 aliphatic heterocycles. The minimum atomic E-state index is -0.544. The molecule has 1 aromatic rings. The zero-order valence-electron chi connectivity index (χ0n) is 12.3. The largest absolute Gasteiger partial charge is 0.447 e. The smallest absolute Gasteiger partial charge is 0.416 e. The van der Waals surface area contributed by atoms with Gasteiger partial charge in [-0.15, -0.1) is 11.8 Å². The summed E-state index contributed by atoms with van der Waals surface area (Å²) < 4.78 is 5.06. The molecular weight excluding hydrogens is 266 g/mol. The van der Waals surface area contributed by atoms with E-state index in [9.17, 15) is 9.59 Å². The highest BCUT2D eigenvalue weighted by atomic mass is 16.6. The normalized spacial score (nSPS) is 18.7. The van der Waals surface area contributed by atoms with Crippen molar-refractivity contribution in [2.75, 3.05) is 6.61 Å². The Hall–Kier alpha value is -2.28. The van der Waals surface area contributed by atoms with Gasteiger partial charge in [0.25, 0.3) is 0 Å². The topological polar surface area (TPSA) is 46.6 Å². The molecule has 21 heavy (non-hydrogen) atoms. The Balaban J connectivity index is 2.09. The molecule has 0 N–H and O–H groups in total. The van der Waals surface area contributed by atoms with Crippen LogP contribution < -0.4 is 0 Å². The van der Waals surface area contributed by atoms with E-state index >= 15 is 0 Å². The van der Waals surface area contributed by atoms with Gasteiger partial charge in [0.15, 0.2) is 0 Å². The van der Waals surface area contributed by atoms with Crippen LogP contribution in [0.2, 0.25) is 0 Å². The van der Waals surface area contributed by atoms with Crippen molar-refractivity contribution in [3.05, 3.63) is 35.9 Å². The molecular formula is C17H19NO3. The van der Waals surface area contributed by atoms with E-state index in [4.69, 9.17) is 4.74 Å². The van der Waals surface area contributed by atoms with E-state index in [1.165, 1.54) is 4.90 Å². The van der Waals surface area contributed by atoms with Crippen molar-refractivity contribution in [3.8, 4) is 11.8 Å². The lowest BCUT2D eigenvalue weighted by molar-refractivity contribution is -0.132. The molecule has 1 saturated heterocycles. The van der Waals surface area contributed by atoms with Gasteiger partial charge in [-0.25, -0.2) is 9.69 Å². The van der Waals surface area contributed by atoms with E-state index in [1.807, 2.05) is 30.3 Å². The number of ether oxygens (including phenoxy) is 1. The van der Waals surface area contributed by atoms with Crippen LogP contribution >= 0.6 is 0 Å². The van der Waals surface area contributed by atoms with Crippen LogP contribution in [0.3, 0.4) is 0 Å². The van der Waals surface area contributed by atoms with Crippen molar-refractivity contribution < 1.29 is 14.3 Å². The van der Waals surface area contributed by atoms with Gasteiger partial charge in [-0.1, -0.05) is 37.3 Å². The van der Waals surface area contributed by atoms with Crippen molar-refractivity contribution >= 4 is 12.0 Å². The molecule has 2 atom stereocenters. The first-order valence-corrected chi connectivity index (χ1v) is 7.07. The summed E-state index contributed by atoms with van der Waals surface area (Å²) in [6, 6.07) is 9.56. The average molecular weight is 285 g/mol. The van der Waals surface area contributed by atoms with Crippen molar-refractivity contribution in [3.63, 3.8) is 0 Å². The Morgan fingerprint density at radius 1 is 1.43 bits per heavy atom. The first kappa shape index (κ1) is 15.1. The Morgan fingerprint density at radius 3 is 2.81 bits per heavy atom. The van der Waals surface area contributed by atoms with Gasteiger partial charge < -0.3 is 4.74 Å². The van der Waals surface area contributed by atoms with E-state index < -0.39 is 6.09 Å². The van der Waals surface area contributed by atoms with Crippen molar-refractivity contribution in [1.82, 2.24) is 4.90 Å². The second kappa shape index (κ2) is 6.94. The summed E-state index contributed by atoms with van der Waals surface area (Å²) in [5.74, 6) is 5.14. The predicted octanol–water partition coefficient (Wildman–Crippen LogP) is 2.63. The second-order valence-corrected chi connectivity index (χ2v) is 5.16. The number of hydrogen-bond acceptors (Lipinski definition) is 3. The fourth-order valence-electron chi connectivity index (χ4n) is 2.35. The summed E-state index contributed by atoms with van der Waals surface area (Å²) >= 11 is 0. The predicted molar refractivity (Wildman–Crippen MR) is 79.4 cm³/mol. The fraction of sp³-hybridized carbons (Fsp3) is 0.412. The van der Waals surface area contributed by atoms with Gasteiger partial charge in [-0.3, -0.25) is 4.79 Å². The molecule has 0 saturated carbocycles. The second-order valence-electron chi connectivity index (χ2n) is 5.16. The maximum Gasteiger partial charge on any atom is 0.416 e. The molecule has 2 rings (SSSR count). The van der Waals surface area contributed by atoms with Crippen LogP contribution in [0.4, 0.5) is 4.79 Å². The van der Waals surface area contributed by atoms with Gasteiger partial charge >= 0.3 is 6.09 Å². The van der Waals surface area contributed by atoms with Crippen molar-refractivity contribution in [2.24, 2.45) is 5.92 Å². The lowest BCUT2D eigenvalue weighted by atomic mass is 10.0. The van der Waals surface area contributed by atoms with Crippen LogP contribution in [-0.4, -0.2) is 29.5 Å². The molecule has 4 heteroatoms. The number of cyclic esters (lactones) is 1. The number of amides is 2. The average Bonchev–Trinajstić information content (AvgIpc) is 2.85. The van der Waals surface area contributed by atoms with Gasteiger partial charge in [0.1, 0.15) is 6.61 Å². The van der Waals surface area contributed by atoms with Crippen LogP contribution in [0, 0.1) is 17.8 Å². The maximum absolute atomic E-state index is 12.4. The molecule has 2 amide bonds. The number of carbonyl (C=O) groups excluding carboxylic acids is 2. The van der Waals surface area contributed by atoms with Crippen LogP contribution in [0.15, 0.2) is 30.3 Å². The molecule has 0 radical (unpaired) electrons. The van der Waals surface area contributed by atoms with Crippen LogP contribution in [-0.2, 0) is 16.0 Å². The summed E-state index contributed by atoms with van der Waals surface area (Å²) in [7, 11) is 0. The maximum atomic E-state index is 12.4. The molecule has 0 aliphatic carbocycles. The molecule has 110 valence electrons. The van der Waals surface area contributed by atoms with Crippen LogP contribution in [0.1, 0.15) is 25.8 Å². The lowest BCUT2D eigenvalue weighted by Gasteiger charge is -2.22. The number of carbonyl (C=O) groups is 2. The summed E-state index contributed by atoms with van der Waals surface area (Å²) in [5.41, 5.74) is 1.08. The SMILES string of the molecule is CC#CC[C@@H](C)C(=O)N1C(=O)OC[C@@H]1Cc1ccccc1. The Morgan fingerprint density at radius 2 is 2.14 bits per heavy atom. The van der Waals surface area contributed by atoms with E-state index in [0.29, 0.717) is 12.8 Å². The third-order valence-electron chi connectivity index (χ3n) is 3.52. The van der Waals surface area contributed by atoms with Crippen LogP contribution in [0.5, 0.6) is 0 Å². The summed E-state index contributed by atoms with van der Waals surface area (Å²) in [6.07, 6.45) is 0.527. The van der Waals surface area contributed by atoms with Crippen molar-refractivity contribution in [1.29, 1.82) is 0 Å². The minimum Gasteiger partial charge on any atom is -0.447 e. The van der Waals surface area contributed by atoms with E-state index in [1.54, 1.807) is 13.8 Å². The van der Waals surface area contributed by atoms with Crippen molar-refractivity contribution in [2.45, 2.75) is 32.7 Å². The van der Waals surface area contributed by atoms with E-state index in [0.717, 1.165) is 5.56 Å². The first-order valence-electron chi connectivity index (χ1n) is 7.07. The van der Waals surface area contributed by atoms with E-state index in [-0.39, 0.29) is 24.5 Å². The monoisotopic (exact) mass is 285 g/mol. The van der Waals surface area contributed by atoms with Crippen LogP contribution in [0.25, 0.3) is 0 Å². The minimum absolute atomic E-state index is 0.207. The Bertz CT molecular complexity index is 571. The highest BCUT2D eigenvalue weighted by Crippen LogP contribution is 2.20. The summed E-state index contributed by atoms with van der Waals surface area (Å²) in [4.78, 5) is 25.5. The lowest BCUT2D eigenvalue weighted by Crippen LogP contribution is -2.42. The molecule has 1 aliphatic rings. The Labute approximate surface area is 125 Å². The molecule has 0 aromatic heterocycles. The molecule has 1 heterocycles. The zero-order chi connectivity index (χ0) is 15.2. The molecule has 0 bridgehead atoms. The highest BCUT2D eigenvalue weighted by molar-refractivity contribution is 5.94. The van der Waals surface area contributed by atoms with Gasteiger partial charge in [0.05, 0.1) is 6.04 Å². The zero-order valence-corrected chi connectivity index (χ0v) is 12.3.